The zero-order valence-corrected chi connectivity index (χ0v) is 8.02. The van der Waals surface area contributed by atoms with Gasteiger partial charge >= 0.3 is 11.1 Å². The Labute approximate surface area is 88.0 Å². The number of nitrogens with zero attached hydrogens (tertiary/aromatic N) is 2. The van der Waals surface area contributed by atoms with E-state index in [4.69, 9.17) is 0 Å². The van der Waals surface area contributed by atoms with Crippen LogP contribution in [0.25, 0.3) is 21.9 Å². The van der Waals surface area contributed by atoms with Crippen LogP contribution in [0.4, 0.5) is 0 Å². The molecule has 16 heavy (non-hydrogen) atoms. The normalized spacial score (nSPS) is 11.0. The maximum atomic E-state index is 11.1. The SMILES string of the molecule is O=c1[nH]c2cc3cncnc3cc2[nH]c1=O. The van der Waals surface area contributed by atoms with Gasteiger partial charge in [-0.3, -0.25) is 9.59 Å². The number of H-pyrrole nitrogens is 2. The van der Waals surface area contributed by atoms with Crippen molar-refractivity contribution < 1.29 is 0 Å². The lowest BCUT2D eigenvalue weighted by Gasteiger charge is -1.99. The third kappa shape index (κ3) is 1.20. The first-order chi connectivity index (χ1) is 7.74. The predicted molar refractivity (Wildman–Crippen MR) is 58.3 cm³/mol. The molecule has 0 saturated carbocycles. The van der Waals surface area contributed by atoms with Crippen LogP contribution in [0.15, 0.2) is 34.2 Å². The van der Waals surface area contributed by atoms with E-state index in [0.717, 1.165) is 5.39 Å². The van der Waals surface area contributed by atoms with E-state index in [2.05, 4.69) is 19.9 Å². The lowest BCUT2D eigenvalue weighted by atomic mass is 10.2. The van der Waals surface area contributed by atoms with Gasteiger partial charge in [-0.25, -0.2) is 9.97 Å². The number of hydrogen-bond donors (Lipinski definition) is 2. The van der Waals surface area contributed by atoms with Gasteiger partial charge in [0.15, 0.2) is 0 Å². The maximum Gasteiger partial charge on any atom is 0.314 e. The molecule has 0 fully saturated rings. The zero-order valence-electron chi connectivity index (χ0n) is 8.02. The van der Waals surface area contributed by atoms with Crippen LogP contribution in [0.2, 0.25) is 0 Å². The molecule has 0 aliphatic carbocycles. The molecule has 3 rings (SSSR count). The van der Waals surface area contributed by atoms with Gasteiger partial charge in [0.25, 0.3) is 0 Å². The van der Waals surface area contributed by atoms with Crippen molar-refractivity contribution in [1.29, 1.82) is 0 Å². The van der Waals surface area contributed by atoms with Gasteiger partial charge in [0, 0.05) is 11.6 Å². The fraction of sp³-hybridized carbons (Fsp3) is 0. The van der Waals surface area contributed by atoms with Crippen molar-refractivity contribution in [3.63, 3.8) is 0 Å². The average Bonchev–Trinajstić information content (AvgIpc) is 2.28. The fourth-order valence-corrected chi connectivity index (χ4v) is 1.59. The summed E-state index contributed by atoms with van der Waals surface area (Å²) in [5.74, 6) is 0. The van der Waals surface area contributed by atoms with E-state index in [0.29, 0.717) is 16.6 Å². The number of hydrogen-bond acceptors (Lipinski definition) is 4. The first kappa shape index (κ1) is 8.78. The summed E-state index contributed by atoms with van der Waals surface area (Å²) in [7, 11) is 0. The molecule has 2 aromatic heterocycles. The summed E-state index contributed by atoms with van der Waals surface area (Å²) in [6, 6.07) is 3.42. The van der Waals surface area contributed by atoms with Crippen molar-refractivity contribution in [3.05, 3.63) is 45.4 Å². The van der Waals surface area contributed by atoms with Crippen molar-refractivity contribution in [1.82, 2.24) is 19.9 Å². The second-order valence-corrected chi connectivity index (χ2v) is 3.39. The Morgan fingerprint density at radius 3 is 2.44 bits per heavy atom. The number of aromatic amines is 2. The molecular weight excluding hydrogens is 208 g/mol. The van der Waals surface area contributed by atoms with Gasteiger partial charge in [-0.1, -0.05) is 0 Å². The first-order valence-electron chi connectivity index (χ1n) is 4.60. The Morgan fingerprint density at radius 2 is 1.69 bits per heavy atom. The molecule has 3 aromatic rings. The van der Waals surface area contributed by atoms with E-state index in [1.807, 2.05) is 0 Å². The number of nitrogens with one attached hydrogen (secondary N) is 2. The van der Waals surface area contributed by atoms with E-state index in [1.54, 1.807) is 18.3 Å². The summed E-state index contributed by atoms with van der Waals surface area (Å²) in [6.07, 6.45) is 3.07. The monoisotopic (exact) mass is 214 g/mol. The Bertz CT molecular complexity index is 735. The number of rotatable bonds is 0. The highest BCUT2D eigenvalue weighted by atomic mass is 16.2. The molecule has 0 amide bonds. The zero-order chi connectivity index (χ0) is 11.1. The van der Waals surface area contributed by atoms with E-state index < -0.39 is 11.1 Å². The van der Waals surface area contributed by atoms with Crippen molar-refractivity contribution >= 4 is 21.9 Å². The van der Waals surface area contributed by atoms with Gasteiger partial charge in [0.2, 0.25) is 0 Å². The third-order valence-electron chi connectivity index (χ3n) is 2.35. The van der Waals surface area contributed by atoms with E-state index in [1.165, 1.54) is 6.33 Å². The minimum atomic E-state index is -0.666. The maximum absolute atomic E-state index is 11.1. The van der Waals surface area contributed by atoms with Crippen molar-refractivity contribution in [2.75, 3.05) is 0 Å². The molecule has 0 radical (unpaired) electrons. The third-order valence-corrected chi connectivity index (χ3v) is 2.35. The summed E-state index contributed by atoms with van der Waals surface area (Å²) in [5.41, 5.74) is 0.498. The van der Waals surface area contributed by atoms with Crippen LogP contribution >= 0.6 is 0 Å². The molecule has 0 aliphatic rings. The van der Waals surface area contributed by atoms with Gasteiger partial charge in [-0.05, 0) is 12.1 Å². The van der Waals surface area contributed by atoms with Crippen LogP contribution in [-0.2, 0) is 0 Å². The average molecular weight is 214 g/mol. The second kappa shape index (κ2) is 2.99. The van der Waals surface area contributed by atoms with E-state index in [-0.39, 0.29) is 0 Å². The molecule has 1 aromatic carbocycles. The Hall–Kier alpha value is -2.50. The minimum absolute atomic E-state index is 0.552. The van der Waals surface area contributed by atoms with E-state index >= 15 is 0 Å². The minimum Gasteiger partial charge on any atom is -0.316 e. The van der Waals surface area contributed by atoms with Crippen molar-refractivity contribution in [3.8, 4) is 0 Å². The van der Waals surface area contributed by atoms with Crippen LogP contribution < -0.4 is 11.1 Å². The Kier molecular flexibility index (Phi) is 1.64. The van der Waals surface area contributed by atoms with Gasteiger partial charge in [0.05, 0.1) is 16.6 Å². The van der Waals surface area contributed by atoms with Crippen molar-refractivity contribution in [2.24, 2.45) is 0 Å². The second-order valence-electron chi connectivity index (χ2n) is 3.39. The molecule has 2 N–H and O–H groups in total. The Balaban J connectivity index is 2.56. The van der Waals surface area contributed by atoms with Crippen LogP contribution in [0.5, 0.6) is 0 Å². The summed E-state index contributed by atoms with van der Waals surface area (Å²) < 4.78 is 0. The first-order valence-corrected chi connectivity index (χ1v) is 4.60. The van der Waals surface area contributed by atoms with Gasteiger partial charge in [-0.15, -0.1) is 0 Å². The van der Waals surface area contributed by atoms with Crippen LogP contribution in [0.3, 0.4) is 0 Å². The molecule has 0 saturated heterocycles. The van der Waals surface area contributed by atoms with Gasteiger partial charge < -0.3 is 9.97 Å². The fourth-order valence-electron chi connectivity index (χ4n) is 1.59. The smallest absolute Gasteiger partial charge is 0.314 e. The highest BCUT2D eigenvalue weighted by Crippen LogP contribution is 2.15. The summed E-state index contributed by atoms with van der Waals surface area (Å²) in [6.45, 7) is 0. The number of benzene rings is 1. The van der Waals surface area contributed by atoms with Gasteiger partial charge in [-0.2, -0.15) is 0 Å². The Morgan fingerprint density at radius 1 is 1.00 bits per heavy atom. The molecule has 0 aliphatic heterocycles. The largest absolute Gasteiger partial charge is 0.316 e. The molecule has 0 bridgehead atoms. The molecule has 78 valence electrons. The molecule has 0 atom stereocenters. The highest BCUT2D eigenvalue weighted by molar-refractivity contribution is 5.91. The number of fused-ring (bicyclic) bond motifs is 2. The lowest BCUT2D eigenvalue weighted by Crippen LogP contribution is -2.28. The molecule has 0 unspecified atom stereocenters. The van der Waals surface area contributed by atoms with Crippen molar-refractivity contribution in [2.45, 2.75) is 0 Å². The molecular formula is C10H6N4O2. The lowest BCUT2D eigenvalue weighted by molar-refractivity contribution is 1.14. The molecule has 0 spiro atoms. The number of aromatic nitrogens is 4. The summed E-state index contributed by atoms with van der Waals surface area (Å²) >= 11 is 0. The van der Waals surface area contributed by atoms with E-state index in [9.17, 15) is 9.59 Å². The summed E-state index contributed by atoms with van der Waals surface area (Å²) in [5, 5.41) is 0.803. The summed E-state index contributed by atoms with van der Waals surface area (Å²) in [4.78, 5) is 35.2. The highest BCUT2D eigenvalue weighted by Gasteiger charge is 2.02. The standard InChI is InChI=1S/C10H6N4O2/c15-9-10(16)14-8-2-6-5(1-7(8)13-9)3-11-4-12-6/h1-4H,(H,13,15)(H,14,16). The topological polar surface area (TPSA) is 91.5 Å². The van der Waals surface area contributed by atoms with Crippen LogP contribution in [-0.4, -0.2) is 19.9 Å². The molecule has 6 nitrogen and oxygen atoms in total. The molecule has 2 heterocycles. The van der Waals surface area contributed by atoms with Crippen LogP contribution in [0.1, 0.15) is 0 Å². The predicted octanol–water partition coefficient (Wildman–Crippen LogP) is 0.160. The van der Waals surface area contributed by atoms with Gasteiger partial charge in [0.1, 0.15) is 6.33 Å². The molecule has 6 heteroatoms. The quantitative estimate of drug-likeness (QED) is 0.412. The van der Waals surface area contributed by atoms with Crippen LogP contribution in [0, 0.1) is 0 Å².